The summed E-state index contributed by atoms with van der Waals surface area (Å²) in [7, 11) is 3.94. The van der Waals surface area contributed by atoms with E-state index in [4.69, 9.17) is 10.6 Å². The third kappa shape index (κ3) is 2.86. The normalized spacial score (nSPS) is 9.94. The van der Waals surface area contributed by atoms with Crippen molar-refractivity contribution in [3.05, 3.63) is 36.7 Å². The van der Waals surface area contributed by atoms with E-state index < -0.39 is 0 Å². The number of ether oxygens (including phenoxy) is 1. The maximum Gasteiger partial charge on any atom is 0.239 e. The maximum absolute atomic E-state index is 5.62. The second-order valence-corrected chi connectivity index (χ2v) is 3.88. The third-order valence-corrected chi connectivity index (χ3v) is 2.32. The molecule has 0 saturated heterocycles. The molecule has 0 aliphatic carbocycles. The number of hydrogen-bond donors (Lipinski definition) is 2. The summed E-state index contributed by atoms with van der Waals surface area (Å²) in [5.41, 5.74) is 3.47. The molecule has 1 heterocycles. The Hall–Kier alpha value is -2.34. The van der Waals surface area contributed by atoms with Crippen molar-refractivity contribution in [2.75, 3.05) is 24.4 Å². The smallest absolute Gasteiger partial charge is 0.239 e. The highest BCUT2D eigenvalue weighted by molar-refractivity contribution is 5.50. The van der Waals surface area contributed by atoms with Gasteiger partial charge in [0.15, 0.2) is 5.82 Å². The Bertz CT molecular complexity index is 529. The zero-order valence-corrected chi connectivity index (χ0v) is 10.3. The van der Waals surface area contributed by atoms with E-state index in [1.54, 1.807) is 0 Å². The lowest BCUT2D eigenvalue weighted by atomic mass is 10.3. The van der Waals surface area contributed by atoms with Crippen LogP contribution < -0.4 is 20.9 Å². The quantitative estimate of drug-likeness (QED) is 0.629. The molecule has 2 aromatic rings. The van der Waals surface area contributed by atoms with Gasteiger partial charge in [0.25, 0.3) is 0 Å². The largest absolute Gasteiger partial charge is 0.437 e. The lowest BCUT2D eigenvalue weighted by Crippen LogP contribution is -2.09. The van der Waals surface area contributed by atoms with Gasteiger partial charge < -0.3 is 15.1 Å². The van der Waals surface area contributed by atoms with E-state index in [2.05, 4.69) is 15.4 Å². The van der Waals surface area contributed by atoms with Crippen LogP contribution >= 0.6 is 0 Å². The monoisotopic (exact) mass is 245 g/mol. The molecular weight excluding hydrogens is 230 g/mol. The highest BCUT2D eigenvalue weighted by Gasteiger charge is 2.02. The van der Waals surface area contributed by atoms with Gasteiger partial charge in [-0.25, -0.2) is 5.84 Å². The standard InChI is InChI=1S/C12H15N5O/c1-17(2)9-4-3-5-10(6-9)18-12-8-14-7-11(15-12)16-13/h3-8H,13H2,1-2H3,(H,15,16). The molecule has 2 rings (SSSR count). The number of aromatic nitrogens is 2. The summed E-state index contributed by atoms with van der Waals surface area (Å²) in [6, 6.07) is 7.70. The van der Waals surface area contributed by atoms with E-state index >= 15 is 0 Å². The number of nitrogen functional groups attached to an aromatic ring is 1. The van der Waals surface area contributed by atoms with Crippen LogP contribution in [0.3, 0.4) is 0 Å². The van der Waals surface area contributed by atoms with Crippen LogP contribution in [0.4, 0.5) is 11.5 Å². The maximum atomic E-state index is 5.62. The van der Waals surface area contributed by atoms with Crippen LogP contribution in [0.25, 0.3) is 0 Å². The van der Waals surface area contributed by atoms with Crippen molar-refractivity contribution in [2.45, 2.75) is 0 Å². The Kier molecular flexibility index (Phi) is 3.59. The fraction of sp³-hybridized carbons (Fsp3) is 0.167. The highest BCUT2D eigenvalue weighted by Crippen LogP contribution is 2.23. The van der Waals surface area contributed by atoms with E-state index in [1.165, 1.54) is 12.4 Å². The van der Waals surface area contributed by atoms with Crippen molar-refractivity contribution in [1.82, 2.24) is 9.97 Å². The number of anilines is 2. The Morgan fingerprint density at radius 3 is 2.83 bits per heavy atom. The van der Waals surface area contributed by atoms with Crippen molar-refractivity contribution >= 4 is 11.5 Å². The molecule has 6 nitrogen and oxygen atoms in total. The fourth-order valence-corrected chi connectivity index (χ4v) is 1.41. The second kappa shape index (κ2) is 5.33. The summed E-state index contributed by atoms with van der Waals surface area (Å²) >= 11 is 0. The molecule has 0 aliphatic rings. The molecule has 0 saturated carbocycles. The third-order valence-electron chi connectivity index (χ3n) is 2.32. The predicted molar refractivity (Wildman–Crippen MR) is 70.7 cm³/mol. The number of hydrogen-bond acceptors (Lipinski definition) is 6. The van der Waals surface area contributed by atoms with E-state index in [0.29, 0.717) is 17.4 Å². The average Bonchev–Trinajstić information content (AvgIpc) is 2.39. The number of nitrogens with two attached hydrogens (primary N) is 1. The molecule has 0 atom stereocenters. The number of hydrazine groups is 1. The minimum Gasteiger partial charge on any atom is -0.437 e. The fourth-order valence-electron chi connectivity index (χ4n) is 1.41. The van der Waals surface area contributed by atoms with Crippen LogP contribution in [-0.4, -0.2) is 24.1 Å². The average molecular weight is 245 g/mol. The van der Waals surface area contributed by atoms with Gasteiger partial charge in [0.1, 0.15) is 5.75 Å². The zero-order valence-electron chi connectivity index (χ0n) is 10.3. The highest BCUT2D eigenvalue weighted by atomic mass is 16.5. The van der Waals surface area contributed by atoms with Crippen molar-refractivity contribution in [2.24, 2.45) is 5.84 Å². The van der Waals surface area contributed by atoms with Crippen molar-refractivity contribution in [1.29, 1.82) is 0 Å². The first-order valence-electron chi connectivity index (χ1n) is 5.43. The van der Waals surface area contributed by atoms with Gasteiger partial charge in [0.05, 0.1) is 12.4 Å². The van der Waals surface area contributed by atoms with Crippen molar-refractivity contribution in [3.63, 3.8) is 0 Å². The molecular formula is C12H15N5O. The molecule has 1 aromatic carbocycles. The number of rotatable bonds is 4. The van der Waals surface area contributed by atoms with Gasteiger partial charge in [-0.2, -0.15) is 4.98 Å². The van der Waals surface area contributed by atoms with Gasteiger partial charge in [0, 0.05) is 25.8 Å². The number of benzene rings is 1. The van der Waals surface area contributed by atoms with E-state index in [1.807, 2.05) is 43.3 Å². The lowest BCUT2D eigenvalue weighted by Gasteiger charge is -2.13. The molecule has 94 valence electrons. The summed E-state index contributed by atoms with van der Waals surface area (Å²) < 4.78 is 5.62. The van der Waals surface area contributed by atoms with Gasteiger partial charge in [-0.1, -0.05) is 6.07 Å². The zero-order chi connectivity index (χ0) is 13.0. The topological polar surface area (TPSA) is 76.3 Å². The van der Waals surface area contributed by atoms with Crippen molar-refractivity contribution < 1.29 is 4.74 Å². The molecule has 0 bridgehead atoms. The van der Waals surface area contributed by atoms with Crippen LogP contribution in [0.5, 0.6) is 11.6 Å². The minimum atomic E-state index is 0.390. The lowest BCUT2D eigenvalue weighted by molar-refractivity contribution is 0.461. The molecule has 1 aromatic heterocycles. The van der Waals surface area contributed by atoms with Crippen LogP contribution in [0, 0.1) is 0 Å². The molecule has 0 aliphatic heterocycles. The molecule has 3 N–H and O–H groups in total. The molecule has 0 unspecified atom stereocenters. The Morgan fingerprint density at radius 2 is 2.11 bits per heavy atom. The molecule has 0 spiro atoms. The van der Waals surface area contributed by atoms with E-state index in [0.717, 1.165) is 5.69 Å². The minimum absolute atomic E-state index is 0.390. The predicted octanol–water partition coefficient (Wildman–Crippen LogP) is 1.62. The number of nitrogens with zero attached hydrogens (tertiary/aromatic N) is 3. The van der Waals surface area contributed by atoms with Crippen molar-refractivity contribution in [3.8, 4) is 11.6 Å². The van der Waals surface area contributed by atoms with Crippen LogP contribution in [-0.2, 0) is 0 Å². The Balaban J connectivity index is 2.20. The van der Waals surface area contributed by atoms with Crippen LogP contribution in [0.1, 0.15) is 0 Å². The summed E-state index contributed by atoms with van der Waals surface area (Å²) in [5, 5.41) is 0. The van der Waals surface area contributed by atoms with E-state index in [9.17, 15) is 0 Å². The molecule has 0 radical (unpaired) electrons. The second-order valence-electron chi connectivity index (χ2n) is 3.88. The van der Waals surface area contributed by atoms with Gasteiger partial charge >= 0.3 is 0 Å². The molecule has 0 amide bonds. The van der Waals surface area contributed by atoms with Gasteiger partial charge in [-0.3, -0.25) is 4.98 Å². The first-order valence-corrected chi connectivity index (χ1v) is 5.43. The van der Waals surface area contributed by atoms with Crippen LogP contribution in [0.2, 0.25) is 0 Å². The molecule has 6 heteroatoms. The van der Waals surface area contributed by atoms with E-state index in [-0.39, 0.29) is 0 Å². The van der Waals surface area contributed by atoms with Gasteiger partial charge in [0.2, 0.25) is 5.88 Å². The molecule has 0 fully saturated rings. The Labute approximate surface area is 105 Å². The SMILES string of the molecule is CN(C)c1cccc(Oc2cncc(NN)n2)c1. The van der Waals surface area contributed by atoms with Crippen LogP contribution in [0.15, 0.2) is 36.7 Å². The van der Waals surface area contributed by atoms with Gasteiger partial charge in [-0.15, -0.1) is 0 Å². The summed E-state index contributed by atoms with van der Waals surface area (Å²) in [6.07, 6.45) is 3.05. The summed E-state index contributed by atoms with van der Waals surface area (Å²) in [5.74, 6) is 6.81. The first-order chi connectivity index (χ1) is 8.69. The first kappa shape index (κ1) is 12.1. The Morgan fingerprint density at radius 1 is 1.28 bits per heavy atom. The molecule has 18 heavy (non-hydrogen) atoms. The number of nitrogens with one attached hydrogen (secondary N) is 1. The summed E-state index contributed by atoms with van der Waals surface area (Å²) in [6.45, 7) is 0. The van der Waals surface area contributed by atoms with Gasteiger partial charge in [-0.05, 0) is 12.1 Å². The summed E-state index contributed by atoms with van der Waals surface area (Å²) in [4.78, 5) is 10.1.